The molecular weight excluding hydrogens is 417 g/mol. The number of nitrogens with one attached hydrogen (secondary N) is 1. The van der Waals surface area contributed by atoms with Gasteiger partial charge in [-0.2, -0.15) is 13.2 Å². The number of hydrogen-bond acceptors (Lipinski definition) is 3. The Balaban J connectivity index is 1.84. The highest BCUT2D eigenvalue weighted by atomic mass is 35.5. The van der Waals surface area contributed by atoms with E-state index in [4.69, 9.17) is 11.6 Å². The summed E-state index contributed by atoms with van der Waals surface area (Å²) in [4.78, 5) is 16.9. The first kappa shape index (κ1) is 22.3. The van der Waals surface area contributed by atoms with Crippen molar-refractivity contribution in [3.05, 3.63) is 64.7 Å². The van der Waals surface area contributed by atoms with E-state index in [0.29, 0.717) is 35.7 Å². The molecule has 1 aliphatic rings. The SMILES string of the molecule is O=C(NC(CC1CCC(O)CC1)=Nc1cccc(C(F)(F)F)c1)c1ccc(Cl)cc1. The number of alkyl halides is 3. The summed E-state index contributed by atoms with van der Waals surface area (Å²) in [5.41, 5.74) is -0.310. The van der Waals surface area contributed by atoms with Gasteiger partial charge >= 0.3 is 6.18 Å². The maximum Gasteiger partial charge on any atom is 0.416 e. The molecule has 3 rings (SSSR count). The first-order chi connectivity index (χ1) is 14.2. The fourth-order valence-electron chi connectivity index (χ4n) is 3.46. The van der Waals surface area contributed by atoms with Crippen LogP contribution in [0.2, 0.25) is 5.02 Å². The predicted molar refractivity (Wildman–Crippen MR) is 110 cm³/mol. The number of aliphatic hydroxyl groups excluding tert-OH is 1. The zero-order valence-corrected chi connectivity index (χ0v) is 16.9. The van der Waals surface area contributed by atoms with Crippen molar-refractivity contribution in [1.82, 2.24) is 5.32 Å². The molecule has 2 aromatic rings. The van der Waals surface area contributed by atoms with Crippen LogP contribution in [0.5, 0.6) is 0 Å². The molecule has 0 unspecified atom stereocenters. The average molecular weight is 439 g/mol. The van der Waals surface area contributed by atoms with E-state index >= 15 is 0 Å². The summed E-state index contributed by atoms with van der Waals surface area (Å²) in [6.45, 7) is 0. The van der Waals surface area contributed by atoms with E-state index in [0.717, 1.165) is 25.0 Å². The summed E-state index contributed by atoms with van der Waals surface area (Å²) < 4.78 is 39.1. The molecule has 1 amide bonds. The van der Waals surface area contributed by atoms with Gasteiger partial charge in [0.2, 0.25) is 0 Å². The molecule has 0 heterocycles. The maximum absolute atomic E-state index is 13.0. The molecule has 1 saturated carbocycles. The number of nitrogens with zero attached hydrogens (tertiary/aromatic N) is 1. The first-order valence-corrected chi connectivity index (χ1v) is 10.1. The van der Waals surface area contributed by atoms with Crippen LogP contribution in [0.3, 0.4) is 0 Å². The Kier molecular flexibility index (Phi) is 7.15. The van der Waals surface area contributed by atoms with Crippen LogP contribution in [-0.4, -0.2) is 23.0 Å². The second kappa shape index (κ2) is 9.62. The zero-order valence-electron chi connectivity index (χ0n) is 16.1. The smallest absolute Gasteiger partial charge is 0.393 e. The zero-order chi connectivity index (χ0) is 21.7. The number of carbonyl (C=O) groups is 1. The predicted octanol–water partition coefficient (Wildman–Crippen LogP) is 5.76. The first-order valence-electron chi connectivity index (χ1n) is 9.70. The molecule has 0 bridgehead atoms. The van der Waals surface area contributed by atoms with E-state index in [9.17, 15) is 23.1 Å². The van der Waals surface area contributed by atoms with Crippen molar-refractivity contribution < 1.29 is 23.1 Å². The van der Waals surface area contributed by atoms with E-state index in [2.05, 4.69) is 10.3 Å². The van der Waals surface area contributed by atoms with Crippen molar-refractivity contribution in [2.75, 3.05) is 0 Å². The molecule has 0 saturated heterocycles. The van der Waals surface area contributed by atoms with Crippen molar-refractivity contribution in [2.45, 2.75) is 44.4 Å². The molecule has 2 N–H and O–H groups in total. The molecule has 1 aliphatic carbocycles. The Bertz CT molecular complexity index is 905. The third kappa shape index (κ3) is 6.31. The standard InChI is InChI=1S/C22H22ClF3N2O2/c23-17-8-6-15(7-9-17)21(30)28-20(12-14-4-10-19(29)11-5-14)27-18-3-1-2-16(13-18)22(24,25)26/h1-3,6-9,13-14,19,29H,4-5,10-12H2,(H,27,28,30). The van der Waals surface area contributed by atoms with E-state index in [1.807, 2.05) is 0 Å². The van der Waals surface area contributed by atoms with Crippen LogP contribution in [0.15, 0.2) is 53.5 Å². The second-order valence-corrected chi connectivity index (χ2v) is 7.88. The van der Waals surface area contributed by atoms with Crippen LogP contribution in [0.1, 0.15) is 48.0 Å². The molecule has 0 aliphatic heterocycles. The van der Waals surface area contributed by atoms with Gasteiger partial charge in [-0.25, -0.2) is 4.99 Å². The van der Waals surface area contributed by atoms with Crippen molar-refractivity contribution in [3.63, 3.8) is 0 Å². The highest BCUT2D eigenvalue weighted by Crippen LogP contribution is 2.32. The monoisotopic (exact) mass is 438 g/mol. The highest BCUT2D eigenvalue weighted by Gasteiger charge is 2.30. The fourth-order valence-corrected chi connectivity index (χ4v) is 3.59. The molecular formula is C22H22ClF3N2O2. The highest BCUT2D eigenvalue weighted by molar-refractivity contribution is 6.30. The lowest BCUT2D eigenvalue weighted by Crippen LogP contribution is -2.33. The normalized spacial score (nSPS) is 20.1. The number of carbonyl (C=O) groups excluding carboxylic acids is 1. The molecule has 0 radical (unpaired) electrons. The molecule has 30 heavy (non-hydrogen) atoms. The number of aliphatic imine (C=N–C) groups is 1. The van der Waals surface area contributed by atoms with Gasteiger partial charge in [0.15, 0.2) is 0 Å². The summed E-state index contributed by atoms with van der Waals surface area (Å²) >= 11 is 5.85. The van der Waals surface area contributed by atoms with E-state index in [-0.39, 0.29) is 17.7 Å². The van der Waals surface area contributed by atoms with Gasteiger partial charge in [-0.3, -0.25) is 4.79 Å². The Hall–Kier alpha value is -2.38. The van der Waals surface area contributed by atoms with Crippen LogP contribution >= 0.6 is 11.6 Å². The molecule has 2 aromatic carbocycles. The van der Waals surface area contributed by atoms with Gasteiger partial charge in [-0.05, 0) is 74.1 Å². The minimum atomic E-state index is -4.47. The van der Waals surface area contributed by atoms with E-state index < -0.39 is 17.6 Å². The molecule has 1 fully saturated rings. The summed E-state index contributed by atoms with van der Waals surface area (Å²) in [5, 5.41) is 12.9. The molecule has 0 atom stereocenters. The molecule has 8 heteroatoms. The Morgan fingerprint density at radius 1 is 1.10 bits per heavy atom. The van der Waals surface area contributed by atoms with Crippen LogP contribution in [0, 0.1) is 5.92 Å². The van der Waals surface area contributed by atoms with Crippen molar-refractivity contribution in [2.24, 2.45) is 10.9 Å². The average Bonchev–Trinajstić information content (AvgIpc) is 2.70. The third-order valence-corrected chi connectivity index (χ3v) is 5.35. The minimum Gasteiger partial charge on any atom is -0.393 e. The number of benzene rings is 2. The van der Waals surface area contributed by atoms with Crippen LogP contribution < -0.4 is 5.32 Å². The third-order valence-electron chi connectivity index (χ3n) is 5.10. The lowest BCUT2D eigenvalue weighted by atomic mass is 9.85. The summed E-state index contributed by atoms with van der Waals surface area (Å²) in [5.74, 6) is 0.0763. The van der Waals surface area contributed by atoms with Crippen LogP contribution in [-0.2, 0) is 6.18 Å². The molecule has 160 valence electrons. The Labute approximate surface area is 177 Å². The quantitative estimate of drug-likeness (QED) is 0.471. The van der Waals surface area contributed by atoms with Gasteiger partial charge in [0.05, 0.1) is 17.4 Å². The largest absolute Gasteiger partial charge is 0.416 e. The van der Waals surface area contributed by atoms with E-state index in [1.54, 1.807) is 24.3 Å². The minimum absolute atomic E-state index is 0.118. The molecule has 0 spiro atoms. The summed E-state index contributed by atoms with van der Waals surface area (Å²) in [6, 6.07) is 11.0. The van der Waals surface area contributed by atoms with Gasteiger partial charge in [0, 0.05) is 17.0 Å². The Morgan fingerprint density at radius 2 is 1.77 bits per heavy atom. The van der Waals surface area contributed by atoms with Crippen molar-refractivity contribution >= 4 is 29.0 Å². The van der Waals surface area contributed by atoms with Crippen LogP contribution in [0.25, 0.3) is 0 Å². The van der Waals surface area contributed by atoms with Gasteiger partial charge in [0.25, 0.3) is 5.91 Å². The number of rotatable bonds is 4. The summed E-state index contributed by atoms with van der Waals surface area (Å²) in [7, 11) is 0. The van der Waals surface area contributed by atoms with Gasteiger partial charge in [0.1, 0.15) is 5.84 Å². The molecule has 0 aromatic heterocycles. The fraction of sp³-hybridized carbons (Fsp3) is 0.364. The number of hydrogen-bond donors (Lipinski definition) is 2. The van der Waals surface area contributed by atoms with Gasteiger partial charge in [-0.1, -0.05) is 17.7 Å². The molecule has 4 nitrogen and oxygen atoms in total. The lowest BCUT2D eigenvalue weighted by molar-refractivity contribution is -0.137. The van der Waals surface area contributed by atoms with Crippen molar-refractivity contribution in [3.8, 4) is 0 Å². The second-order valence-electron chi connectivity index (χ2n) is 7.45. The van der Waals surface area contributed by atoms with Crippen molar-refractivity contribution in [1.29, 1.82) is 0 Å². The summed E-state index contributed by atoms with van der Waals surface area (Å²) in [6.07, 6.45) is -1.55. The van der Waals surface area contributed by atoms with E-state index in [1.165, 1.54) is 12.1 Å². The number of aliphatic hydroxyl groups is 1. The number of amidine groups is 1. The maximum atomic E-state index is 13.0. The topological polar surface area (TPSA) is 61.7 Å². The van der Waals surface area contributed by atoms with Gasteiger partial charge < -0.3 is 10.4 Å². The Morgan fingerprint density at radius 3 is 2.40 bits per heavy atom. The lowest BCUT2D eigenvalue weighted by Gasteiger charge is -2.25. The van der Waals surface area contributed by atoms with Crippen LogP contribution in [0.4, 0.5) is 18.9 Å². The van der Waals surface area contributed by atoms with Gasteiger partial charge in [-0.15, -0.1) is 0 Å². The number of halogens is 4. The number of amides is 1.